The molecule has 19 heavy (non-hydrogen) atoms. The summed E-state index contributed by atoms with van der Waals surface area (Å²) in [6.07, 6.45) is 6.72. The van der Waals surface area contributed by atoms with E-state index in [4.69, 9.17) is 0 Å². The van der Waals surface area contributed by atoms with E-state index in [1.165, 1.54) is 35.7 Å². The van der Waals surface area contributed by atoms with Gasteiger partial charge in [-0.1, -0.05) is 12.8 Å². The second-order valence-corrected chi connectivity index (χ2v) is 8.19. The Labute approximate surface area is 120 Å². The molecule has 106 valence electrons. The van der Waals surface area contributed by atoms with Gasteiger partial charge >= 0.3 is 0 Å². The van der Waals surface area contributed by atoms with E-state index < -0.39 is 0 Å². The first kappa shape index (κ1) is 13.5. The number of fused-ring (bicyclic) bond motifs is 1. The number of hydrogen-bond donors (Lipinski definition) is 1. The van der Waals surface area contributed by atoms with Crippen LogP contribution < -0.4 is 5.32 Å². The fourth-order valence-corrected chi connectivity index (χ4v) is 4.50. The van der Waals surface area contributed by atoms with Crippen LogP contribution in [0.2, 0.25) is 0 Å². The van der Waals surface area contributed by atoms with Crippen LogP contribution in [0.3, 0.4) is 0 Å². The molecule has 2 fully saturated rings. The fraction of sp³-hybridized carbons (Fsp3) is 0.867. The van der Waals surface area contributed by atoms with Crippen LogP contribution >= 0.6 is 11.3 Å². The zero-order valence-corrected chi connectivity index (χ0v) is 13.1. The van der Waals surface area contributed by atoms with Crippen molar-refractivity contribution in [1.29, 1.82) is 0 Å². The summed E-state index contributed by atoms with van der Waals surface area (Å²) in [5.41, 5.74) is 0.193. The first-order valence-electron chi connectivity index (χ1n) is 7.62. The molecule has 0 amide bonds. The molecule has 2 aliphatic rings. The van der Waals surface area contributed by atoms with Crippen molar-refractivity contribution in [3.05, 3.63) is 10.0 Å². The smallest absolute Gasteiger partial charge is 0.121 e. The van der Waals surface area contributed by atoms with Crippen LogP contribution in [0.1, 0.15) is 62.4 Å². The molecule has 2 aliphatic carbocycles. The minimum atomic E-state index is 0.193. The van der Waals surface area contributed by atoms with Crippen LogP contribution in [0.5, 0.6) is 0 Å². The summed E-state index contributed by atoms with van der Waals surface area (Å²) in [6, 6.07) is 0. The minimum absolute atomic E-state index is 0.193. The van der Waals surface area contributed by atoms with Crippen molar-refractivity contribution in [2.24, 2.45) is 11.8 Å². The summed E-state index contributed by atoms with van der Waals surface area (Å²) < 4.78 is 0. The Kier molecular flexibility index (Phi) is 3.65. The van der Waals surface area contributed by atoms with E-state index in [1.54, 1.807) is 0 Å². The third-order valence-electron chi connectivity index (χ3n) is 4.42. The topological polar surface area (TPSA) is 37.8 Å². The van der Waals surface area contributed by atoms with E-state index in [-0.39, 0.29) is 5.54 Å². The highest BCUT2D eigenvalue weighted by molar-refractivity contribution is 7.11. The molecule has 1 aromatic rings. The quantitative estimate of drug-likeness (QED) is 0.918. The lowest BCUT2D eigenvalue weighted by atomic mass is 10.0. The molecule has 1 N–H and O–H groups in total. The van der Waals surface area contributed by atoms with Crippen molar-refractivity contribution in [3.63, 3.8) is 0 Å². The Balaban J connectivity index is 1.53. The average molecular weight is 279 g/mol. The molecule has 4 heteroatoms. The summed E-state index contributed by atoms with van der Waals surface area (Å²) in [7, 11) is 0. The zero-order valence-electron chi connectivity index (χ0n) is 12.3. The maximum atomic E-state index is 4.46. The van der Waals surface area contributed by atoms with Crippen molar-refractivity contribution >= 4 is 11.3 Å². The van der Waals surface area contributed by atoms with Crippen LogP contribution in [0.25, 0.3) is 0 Å². The van der Waals surface area contributed by atoms with Gasteiger partial charge in [-0.2, -0.15) is 0 Å². The monoisotopic (exact) mass is 279 g/mol. The van der Waals surface area contributed by atoms with E-state index in [9.17, 15) is 0 Å². The number of nitrogens with zero attached hydrogens (tertiary/aromatic N) is 2. The van der Waals surface area contributed by atoms with Crippen LogP contribution in [0, 0.1) is 11.8 Å². The Morgan fingerprint density at radius 2 is 1.84 bits per heavy atom. The largest absolute Gasteiger partial charge is 0.312 e. The molecule has 0 aromatic carbocycles. The molecule has 2 atom stereocenters. The van der Waals surface area contributed by atoms with Gasteiger partial charge in [0.15, 0.2) is 0 Å². The lowest BCUT2D eigenvalue weighted by Gasteiger charge is -2.19. The van der Waals surface area contributed by atoms with Gasteiger partial charge in [0.1, 0.15) is 10.0 Å². The standard InChI is InChI=1S/C15H25N3S/c1-15(2,3)16-9-8-12-17-18-14(19-12)13-10-6-4-5-7-11(10)13/h10-11,13,16H,4-9H2,1-3H3. The van der Waals surface area contributed by atoms with Gasteiger partial charge in [0, 0.05) is 24.4 Å². The van der Waals surface area contributed by atoms with Gasteiger partial charge in [-0.15, -0.1) is 21.5 Å². The molecule has 0 aliphatic heterocycles. The highest BCUT2D eigenvalue weighted by Crippen LogP contribution is 2.61. The van der Waals surface area contributed by atoms with Crippen LogP contribution in [0.4, 0.5) is 0 Å². The lowest BCUT2D eigenvalue weighted by Crippen LogP contribution is -2.37. The first-order chi connectivity index (χ1) is 9.04. The van der Waals surface area contributed by atoms with E-state index in [2.05, 4.69) is 36.3 Å². The second kappa shape index (κ2) is 5.13. The van der Waals surface area contributed by atoms with Crippen molar-refractivity contribution in [1.82, 2.24) is 15.5 Å². The summed E-state index contributed by atoms with van der Waals surface area (Å²) in [5.74, 6) is 2.66. The number of nitrogens with one attached hydrogen (secondary N) is 1. The molecular formula is C15H25N3S. The van der Waals surface area contributed by atoms with Gasteiger partial charge in [0.2, 0.25) is 0 Å². The van der Waals surface area contributed by atoms with Crippen molar-refractivity contribution in [2.45, 2.75) is 64.3 Å². The highest BCUT2D eigenvalue weighted by atomic mass is 32.1. The molecule has 3 rings (SSSR count). The van der Waals surface area contributed by atoms with E-state index in [1.807, 2.05) is 11.3 Å². The number of rotatable bonds is 4. The molecule has 0 bridgehead atoms. The number of aromatic nitrogens is 2. The lowest BCUT2D eigenvalue weighted by molar-refractivity contribution is 0.429. The normalized spacial score (nSPS) is 30.2. The molecule has 0 radical (unpaired) electrons. The van der Waals surface area contributed by atoms with E-state index in [0.29, 0.717) is 0 Å². The van der Waals surface area contributed by atoms with E-state index >= 15 is 0 Å². The third-order valence-corrected chi connectivity index (χ3v) is 5.50. The summed E-state index contributed by atoms with van der Waals surface area (Å²) in [6.45, 7) is 7.60. The molecule has 3 nitrogen and oxygen atoms in total. The maximum absolute atomic E-state index is 4.46. The van der Waals surface area contributed by atoms with Crippen molar-refractivity contribution in [2.75, 3.05) is 6.54 Å². The minimum Gasteiger partial charge on any atom is -0.312 e. The highest BCUT2D eigenvalue weighted by Gasteiger charge is 2.53. The maximum Gasteiger partial charge on any atom is 0.121 e. The van der Waals surface area contributed by atoms with Gasteiger partial charge in [-0.3, -0.25) is 0 Å². The Morgan fingerprint density at radius 3 is 2.47 bits per heavy atom. The molecular weight excluding hydrogens is 254 g/mol. The van der Waals surface area contributed by atoms with Gasteiger partial charge in [-0.05, 0) is 45.4 Å². The van der Waals surface area contributed by atoms with Crippen LogP contribution in [-0.2, 0) is 6.42 Å². The van der Waals surface area contributed by atoms with Gasteiger partial charge in [-0.25, -0.2) is 0 Å². The first-order valence-corrected chi connectivity index (χ1v) is 8.43. The summed E-state index contributed by atoms with van der Waals surface area (Å²) in [5, 5.41) is 14.9. The van der Waals surface area contributed by atoms with Gasteiger partial charge < -0.3 is 5.32 Å². The predicted molar refractivity (Wildman–Crippen MR) is 79.6 cm³/mol. The Morgan fingerprint density at radius 1 is 1.16 bits per heavy atom. The fourth-order valence-electron chi connectivity index (χ4n) is 3.41. The molecule has 1 aromatic heterocycles. The molecule has 0 spiro atoms. The molecule has 1 heterocycles. The Hall–Kier alpha value is -0.480. The zero-order chi connectivity index (χ0) is 13.5. The molecule has 2 unspecified atom stereocenters. The molecule has 0 saturated heterocycles. The van der Waals surface area contributed by atoms with E-state index in [0.717, 1.165) is 30.7 Å². The van der Waals surface area contributed by atoms with Crippen LogP contribution in [-0.4, -0.2) is 22.3 Å². The predicted octanol–water partition coefficient (Wildman–Crippen LogP) is 3.37. The Bertz CT molecular complexity index is 423. The summed E-state index contributed by atoms with van der Waals surface area (Å²) in [4.78, 5) is 0. The molecule has 2 saturated carbocycles. The van der Waals surface area contributed by atoms with Crippen molar-refractivity contribution < 1.29 is 0 Å². The number of hydrogen-bond acceptors (Lipinski definition) is 4. The summed E-state index contributed by atoms with van der Waals surface area (Å²) >= 11 is 1.86. The van der Waals surface area contributed by atoms with Crippen LogP contribution in [0.15, 0.2) is 0 Å². The van der Waals surface area contributed by atoms with Gasteiger partial charge in [0.05, 0.1) is 0 Å². The average Bonchev–Trinajstić information content (AvgIpc) is 2.90. The third kappa shape index (κ3) is 3.16. The van der Waals surface area contributed by atoms with Crippen molar-refractivity contribution in [3.8, 4) is 0 Å². The second-order valence-electron chi connectivity index (χ2n) is 7.10. The van der Waals surface area contributed by atoms with Gasteiger partial charge in [0.25, 0.3) is 0 Å². The SMILES string of the molecule is CC(C)(C)NCCc1nnc(C2C3CCCCC32)s1.